The Kier molecular flexibility index (Phi) is 4.35. The number of likely N-dealkylation sites (tertiary alicyclic amines) is 1. The number of rotatable bonds is 3. The molecule has 5 nitrogen and oxygen atoms in total. The van der Waals surface area contributed by atoms with E-state index in [1.165, 1.54) is 0 Å². The summed E-state index contributed by atoms with van der Waals surface area (Å²) in [5.74, 6) is 0.645. The van der Waals surface area contributed by atoms with Crippen LogP contribution in [0.25, 0.3) is 0 Å². The Morgan fingerprint density at radius 2 is 1.93 bits per heavy atom. The van der Waals surface area contributed by atoms with Crippen molar-refractivity contribution in [2.24, 2.45) is 16.8 Å². The van der Waals surface area contributed by atoms with Gasteiger partial charge in [-0.05, 0) is 45.7 Å². The number of oxime groups is 1. The van der Waals surface area contributed by atoms with E-state index in [0.717, 1.165) is 25.9 Å². The number of hydrogen-bond acceptors (Lipinski definition) is 4. The summed E-state index contributed by atoms with van der Waals surface area (Å²) < 4.78 is 0. The van der Waals surface area contributed by atoms with E-state index in [-0.39, 0.29) is 18.0 Å². The third kappa shape index (κ3) is 3.07. The third-order valence-electron chi connectivity index (χ3n) is 3.35. The van der Waals surface area contributed by atoms with Gasteiger partial charge in [-0.25, -0.2) is 0 Å². The van der Waals surface area contributed by atoms with Crippen molar-refractivity contribution in [3.8, 4) is 0 Å². The second kappa shape index (κ2) is 5.32. The van der Waals surface area contributed by atoms with E-state index >= 15 is 0 Å². The van der Waals surface area contributed by atoms with Crippen molar-refractivity contribution in [1.29, 1.82) is 0 Å². The van der Waals surface area contributed by atoms with Crippen LogP contribution in [0, 0.1) is 5.92 Å². The van der Waals surface area contributed by atoms with Gasteiger partial charge < -0.3 is 16.0 Å². The minimum Gasteiger partial charge on any atom is -0.409 e. The van der Waals surface area contributed by atoms with Gasteiger partial charge in [-0.1, -0.05) is 5.16 Å². The van der Waals surface area contributed by atoms with Gasteiger partial charge in [-0.3, -0.25) is 4.90 Å². The van der Waals surface area contributed by atoms with E-state index in [2.05, 4.69) is 10.1 Å². The van der Waals surface area contributed by atoms with E-state index < -0.39 is 0 Å². The first-order chi connectivity index (χ1) is 7.06. The van der Waals surface area contributed by atoms with Gasteiger partial charge in [0.05, 0.1) is 12.1 Å². The molecule has 2 unspecified atom stereocenters. The van der Waals surface area contributed by atoms with Crippen molar-refractivity contribution >= 4 is 5.84 Å². The van der Waals surface area contributed by atoms with Gasteiger partial charge in [0.15, 0.2) is 5.84 Å². The van der Waals surface area contributed by atoms with Crippen LogP contribution in [-0.2, 0) is 0 Å². The van der Waals surface area contributed by atoms with Gasteiger partial charge in [0.25, 0.3) is 0 Å². The fourth-order valence-electron chi connectivity index (χ4n) is 2.06. The Morgan fingerprint density at radius 3 is 2.33 bits per heavy atom. The highest BCUT2D eigenvalue weighted by Crippen LogP contribution is 2.21. The van der Waals surface area contributed by atoms with Crippen LogP contribution in [0.2, 0.25) is 0 Å². The molecule has 0 spiro atoms. The number of piperidine rings is 1. The molecule has 0 aromatic carbocycles. The maximum absolute atomic E-state index is 9.45. The minimum absolute atomic E-state index is 0.0232. The fraction of sp³-hybridized carbons (Fsp3) is 0.900. The molecule has 2 atom stereocenters. The van der Waals surface area contributed by atoms with E-state index in [1.807, 2.05) is 13.8 Å². The summed E-state index contributed by atoms with van der Waals surface area (Å²) in [6, 6.07) is -0.0232. The lowest BCUT2D eigenvalue weighted by Crippen LogP contribution is -2.47. The van der Waals surface area contributed by atoms with Crippen LogP contribution in [0.15, 0.2) is 5.16 Å². The fourth-order valence-corrected chi connectivity index (χ4v) is 2.06. The third-order valence-corrected chi connectivity index (χ3v) is 3.35. The average Bonchev–Trinajstić information content (AvgIpc) is 2.27. The zero-order valence-corrected chi connectivity index (χ0v) is 9.43. The molecule has 4 N–H and O–H groups in total. The SMILES string of the molecule is CC(O)C1CCN(C(C)C(N)=NO)CC1. The Hall–Kier alpha value is -0.810. The van der Waals surface area contributed by atoms with Crippen LogP contribution in [-0.4, -0.2) is 46.3 Å². The maximum atomic E-state index is 9.45. The van der Waals surface area contributed by atoms with E-state index in [4.69, 9.17) is 10.9 Å². The first-order valence-electron chi connectivity index (χ1n) is 5.45. The Bertz CT molecular complexity index is 223. The number of amidine groups is 1. The largest absolute Gasteiger partial charge is 0.409 e. The molecule has 88 valence electrons. The smallest absolute Gasteiger partial charge is 0.156 e. The van der Waals surface area contributed by atoms with Crippen LogP contribution in [0.5, 0.6) is 0 Å². The number of hydrogen-bond donors (Lipinski definition) is 3. The van der Waals surface area contributed by atoms with Crippen molar-refractivity contribution in [2.75, 3.05) is 13.1 Å². The van der Waals surface area contributed by atoms with Gasteiger partial charge in [0, 0.05) is 0 Å². The topological polar surface area (TPSA) is 82.1 Å². The summed E-state index contributed by atoms with van der Waals surface area (Å²) in [5.41, 5.74) is 5.55. The summed E-state index contributed by atoms with van der Waals surface area (Å²) in [5, 5.41) is 21.0. The minimum atomic E-state index is -0.230. The van der Waals surface area contributed by atoms with E-state index in [9.17, 15) is 5.11 Å². The summed E-state index contributed by atoms with van der Waals surface area (Å²) in [7, 11) is 0. The van der Waals surface area contributed by atoms with Crippen molar-refractivity contribution in [1.82, 2.24) is 4.90 Å². The van der Waals surface area contributed by atoms with Crippen LogP contribution in [0.1, 0.15) is 26.7 Å². The van der Waals surface area contributed by atoms with Crippen molar-refractivity contribution in [3.05, 3.63) is 0 Å². The van der Waals surface area contributed by atoms with Crippen LogP contribution in [0.4, 0.5) is 0 Å². The number of nitrogens with zero attached hydrogens (tertiary/aromatic N) is 2. The van der Waals surface area contributed by atoms with Gasteiger partial charge in [0.1, 0.15) is 0 Å². The molecule has 1 fully saturated rings. The maximum Gasteiger partial charge on any atom is 0.156 e. The first kappa shape index (κ1) is 12.3. The predicted molar refractivity (Wildman–Crippen MR) is 58.8 cm³/mol. The molecule has 5 heteroatoms. The average molecular weight is 215 g/mol. The molecular formula is C10H21N3O2. The van der Waals surface area contributed by atoms with Crippen LogP contribution < -0.4 is 5.73 Å². The Labute approximate surface area is 90.6 Å². The van der Waals surface area contributed by atoms with Gasteiger partial charge in [-0.15, -0.1) is 0 Å². The zero-order valence-electron chi connectivity index (χ0n) is 9.43. The lowest BCUT2D eigenvalue weighted by molar-refractivity contribution is 0.0671. The molecule has 0 aromatic rings. The molecule has 1 heterocycles. The molecule has 1 rings (SSSR count). The molecule has 0 radical (unpaired) electrons. The van der Waals surface area contributed by atoms with Crippen molar-refractivity contribution < 1.29 is 10.3 Å². The van der Waals surface area contributed by atoms with E-state index in [1.54, 1.807) is 0 Å². The molecule has 0 saturated carbocycles. The molecule has 0 amide bonds. The second-order valence-corrected chi connectivity index (χ2v) is 4.31. The lowest BCUT2D eigenvalue weighted by atomic mass is 9.91. The van der Waals surface area contributed by atoms with Crippen molar-refractivity contribution in [3.63, 3.8) is 0 Å². The Balaban J connectivity index is 2.43. The summed E-state index contributed by atoms with van der Waals surface area (Å²) in [6.07, 6.45) is 1.72. The molecule has 0 aromatic heterocycles. The molecular weight excluding hydrogens is 194 g/mol. The van der Waals surface area contributed by atoms with Crippen molar-refractivity contribution in [2.45, 2.75) is 38.8 Å². The molecule has 1 aliphatic rings. The monoisotopic (exact) mass is 215 g/mol. The Morgan fingerprint density at radius 1 is 1.40 bits per heavy atom. The quantitative estimate of drug-likeness (QED) is 0.272. The highest BCUT2D eigenvalue weighted by molar-refractivity contribution is 5.84. The van der Waals surface area contributed by atoms with Gasteiger partial charge in [-0.2, -0.15) is 0 Å². The summed E-state index contributed by atoms with van der Waals surface area (Å²) in [4.78, 5) is 2.17. The normalized spacial score (nSPS) is 25.1. The number of aliphatic hydroxyl groups is 1. The lowest BCUT2D eigenvalue weighted by Gasteiger charge is -2.36. The van der Waals surface area contributed by atoms with Crippen LogP contribution >= 0.6 is 0 Å². The second-order valence-electron chi connectivity index (χ2n) is 4.31. The molecule has 0 aliphatic carbocycles. The molecule has 1 saturated heterocycles. The summed E-state index contributed by atoms with van der Waals surface area (Å²) >= 11 is 0. The van der Waals surface area contributed by atoms with Crippen LogP contribution in [0.3, 0.4) is 0 Å². The number of aliphatic hydroxyl groups excluding tert-OH is 1. The zero-order chi connectivity index (χ0) is 11.4. The summed E-state index contributed by atoms with van der Waals surface area (Å²) in [6.45, 7) is 5.56. The molecule has 0 bridgehead atoms. The predicted octanol–water partition coefficient (Wildman–Crippen LogP) is 0.214. The molecule has 1 aliphatic heterocycles. The highest BCUT2D eigenvalue weighted by atomic mass is 16.4. The van der Waals surface area contributed by atoms with Gasteiger partial charge in [0.2, 0.25) is 0 Å². The molecule has 15 heavy (non-hydrogen) atoms. The first-order valence-corrected chi connectivity index (χ1v) is 5.45. The standard InChI is InChI=1S/C10H21N3O2/c1-7(10(11)12-15)13-5-3-9(4-6-13)8(2)14/h7-9,14-15H,3-6H2,1-2H3,(H2,11,12). The van der Waals surface area contributed by atoms with E-state index in [0.29, 0.717) is 5.92 Å². The number of nitrogens with two attached hydrogens (primary N) is 1. The van der Waals surface area contributed by atoms with Gasteiger partial charge >= 0.3 is 0 Å². The highest BCUT2D eigenvalue weighted by Gasteiger charge is 2.26.